The number of carbonyl (C=O) groups is 1. The first-order chi connectivity index (χ1) is 11.2. The minimum atomic E-state index is -0.559. The number of fused-ring (bicyclic) bond motifs is 1. The number of para-hydroxylation sites is 1. The van der Waals surface area contributed by atoms with Gasteiger partial charge in [-0.3, -0.25) is 0 Å². The zero-order chi connectivity index (χ0) is 16.1. The van der Waals surface area contributed by atoms with Gasteiger partial charge in [0.1, 0.15) is 5.75 Å². The van der Waals surface area contributed by atoms with Crippen molar-refractivity contribution in [1.82, 2.24) is 0 Å². The van der Waals surface area contributed by atoms with Gasteiger partial charge in [0.25, 0.3) is 0 Å². The molecule has 2 aliphatic rings. The highest BCUT2D eigenvalue weighted by Gasteiger charge is 2.37. The van der Waals surface area contributed by atoms with Gasteiger partial charge in [-0.15, -0.1) is 0 Å². The number of hydrogen-bond acceptors (Lipinski definition) is 3. The van der Waals surface area contributed by atoms with E-state index < -0.39 is 6.10 Å². The molecule has 0 saturated carbocycles. The van der Waals surface area contributed by atoms with Crippen LogP contribution in [0.1, 0.15) is 39.0 Å². The maximum Gasteiger partial charge on any atom is 0.347 e. The molecule has 0 amide bonds. The van der Waals surface area contributed by atoms with E-state index in [1.54, 1.807) is 11.8 Å². The van der Waals surface area contributed by atoms with Crippen molar-refractivity contribution in [1.29, 1.82) is 0 Å². The summed E-state index contributed by atoms with van der Waals surface area (Å²) in [5.74, 6) is 0.973. The monoisotopic (exact) mass is 318 g/mol. The molecule has 3 rings (SSSR count). The molecule has 2 fully saturated rings. The van der Waals surface area contributed by atoms with Crippen molar-refractivity contribution in [2.24, 2.45) is 5.92 Å². The van der Waals surface area contributed by atoms with Gasteiger partial charge < -0.3 is 14.4 Å². The number of nitrogens with one attached hydrogen (secondary N) is 1. The van der Waals surface area contributed by atoms with Crippen molar-refractivity contribution < 1.29 is 19.2 Å². The molecular formula is C19H28NO3+. The average Bonchev–Trinajstić information content (AvgIpc) is 2.60. The number of quaternary nitrogens is 1. The summed E-state index contributed by atoms with van der Waals surface area (Å²) >= 11 is 0. The van der Waals surface area contributed by atoms with Crippen LogP contribution in [0.15, 0.2) is 30.3 Å². The van der Waals surface area contributed by atoms with Crippen molar-refractivity contribution >= 4 is 5.97 Å². The first-order valence-electron chi connectivity index (χ1n) is 8.97. The van der Waals surface area contributed by atoms with Crippen molar-refractivity contribution in [2.75, 3.05) is 19.7 Å². The molecule has 0 bridgehead atoms. The molecule has 1 aromatic carbocycles. The Morgan fingerprint density at radius 3 is 2.78 bits per heavy atom. The molecule has 126 valence electrons. The lowest BCUT2D eigenvalue weighted by molar-refractivity contribution is -0.940. The molecule has 4 heteroatoms. The van der Waals surface area contributed by atoms with Crippen molar-refractivity contribution in [3.63, 3.8) is 0 Å². The van der Waals surface area contributed by atoms with Gasteiger partial charge >= 0.3 is 5.97 Å². The van der Waals surface area contributed by atoms with Crippen LogP contribution in [0.2, 0.25) is 0 Å². The molecule has 1 N–H and O–H groups in total. The fourth-order valence-corrected chi connectivity index (χ4v) is 4.04. The average molecular weight is 318 g/mol. The SMILES string of the molecule is C[C@H](Oc1ccccc1)C(=O)OC[C@@H]1CCC[NH+]2CCCC[C@H]12. The first-order valence-corrected chi connectivity index (χ1v) is 8.97. The molecule has 2 aliphatic heterocycles. The highest BCUT2D eigenvalue weighted by atomic mass is 16.6. The number of esters is 1. The lowest BCUT2D eigenvalue weighted by Crippen LogP contribution is -3.18. The Bertz CT molecular complexity index is 503. The minimum absolute atomic E-state index is 0.253. The molecule has 0 radical (unpaired) electrons. The number of benzene rings is 1. The standard InChI is InChI=1S/C19H27NO3/c1-15(23-17-9-3-2-4-10-17)19(21)22-14-16-8-7-13-20-12-6-5-11-18(16)20/h2-4,9-10,15-16,18H,5-8,11-14H2,1H3/p+1/t15-,16-,18+/m0/s1. The van der Waals surface area contributed by atoms with Gasteiger partial charge in [-0.1, -0.05) is 18.2 Å². The summed E-state index contributed by atoms with van der Waals surface area (Å²) in [5.41, 5.74) is 0. The predicted molar refractivity (Wildman–Crippen MR) is 88.6 cm³/mol. The van der Waals surface area contributed by atoms with E-state index >= 15 is 0 Å². The number of piperidine rings is 2. The van der Waals surface area contributed by atoms with Gasteiger partial charge in [-0.2, -0.15) is 0 Å². The Morgan fingerprint density at radius 1 is 1.17 bits per heavy atom. The largest absolute Gasteiger partial charge is 0.479 e. The maximum absolute atomic E-state index is 12.2. The van der Waals surface area contributed by atoms with Crippen LogP contribution in [0.5, 0.6) is 5.75 Å². The number of hydrogen-bond donors (Lipinski definition) is 1. The zero-order valence-electron chi connectivity index (χ0n) is 14.0. The molecule has 0 spiro atoms. The highest BCUT2D eigenvalue weighted by Crippen LogP contribution is 2.21. The summed E-state index contributed by atoms with van der Waals surface area (Å²) < 4.78 is 11.2. The maximum atomic E-state index is 12.2. The Balaban J connectivity index is 1.48. The van der Waals surface area contributed by atoms with E-state index in [4.69, 9.17) is 9.47 Å². The topological polar surface area (TPSA) is 40.0 Å². The van der Waals surface area contributed by atoms with Crippen molar-refractivity contribution in [2.45, 2.75) is 51.2 Å². The third-order valence-electron chi connectivity index (χ3n) is 5.26. The summed E-state index contributed by atoms with van der Waals surface area (Å²) in [6, 6.07) is 10.1. The summed E-state index contributed by atoms with van der Waals surface area (Å²) in [4.78, 5) is 13.9. The molecule has 2 heterocycles. The lowest BCUT2D eigenvalue weighted by Gasteiger charge is -2.41. The van der Waals surface area contributed by atoms with E-state index in [1.807, 2.05) is 30.3 Å². The van der Waals surface area contributed by atoms with Gasteiger partial charge in [0.05, 0.1) is 25.7 Å². The highest BCUT2D eigenvalue weighted by molar-refractivity contribution is 5.74. The van der Waals surface area contributed by atoms with Gasteiger partial charge in [-0.25, -0.2) is 4.79 Å². The molecule has 0 aromatic heterocycles. The van der Waals surface area contributed by atoms with Crippen LogP contribution in [-0.2, 0) is 9.53 Å². The van der Waals surface area contributed by atoms with Crippen LogP contribution in [0.3, 0.4) is 0 Å². The minimum Gasteiger partial charge on any atom is -0.479 e. The Kier molecular flexibility index (Phi) is 5.55. The van der Waals surface area contributed by atoms with Crippen molar-refractivity contribution in [3.05, 3.63) is 30.3 Å². The summed E-state index contributed by atoms with van der Waals surface area (Å²) in [7, 11) is 0. The third-order valence-corrected chi connectivity index (χ3v) is 5.26. The van der Waals surface area contributed by atoms with Gasteiger partial charge in [-0.05, 0) is 51.2 Å². The number of rotatable bonds is 5. The zero-order valence-corrected chi connectivity index (χ0v) is 14.0. The van der Waals surface area contributed by atoms with Crippen LogP contribution in [0, 0.1) is 5.92 Å². The van der Waals surface area contributed by atoms with E-state index in [1.165, 1.54) is 45.2 Å². The smallest absolute Gasteiger partial charge is 0.347 e. The van der Waals surface area contributed by atoms with Gasteiger partial charge in [0, 0.05) is 5.92 Å². The van der Waals surface area contributed by atoms with E-state index in [9.17, 15) is 4.79 Å². The fourth-order valence-electron chi connectivity index (χ4n) is 4.04. The molecule has 1 aromatic rings. The molecule has 23 heavy (non-hydrogen) atoms. The third kappa shape index (κ3) is 4.25. The Labute approximate surface area is 138 Å². The second kappa shape index (κ2) is 7.82. The van der Waals surface area contributed by atoms with E-state index in [0.717, 1.165) is 0 Å². The summed E-state index contributed by atoms with van der Waals surface area (Å²) in [5, 5.41) is 0. The predicted octanol–water partition coefficient (Wildman–Crippen LogP) is 1.84. The molecule has 2 saturated heterocycles. The second-order valence-corrected chi connectivity index (χ2v) is 6.87. The summed E-state index contributed by atoms with van der Waals surface area (Å²) in [6.45, 7) is 4.90. The molecule has 0 aliphatic carbocycles. The normalized spacial score (nSPS) is 28.5. The quantitative estimate of drug-likeness (QED) is 0.842. The van der Waals surface area contributed by atoms with Crippen LogP contribution in [0.4, 0.5) is 0 Å². The number of ether oxygens (including phenoxy) is 2. The second-order valence-electron chi connectivity index (χ2n) is 6.87. The fraction of sp³-hybridized carbons (Fsp3) is 0.632. The van der Waals surface area contributed by atoms with Crippen molar-refractivity contribution in [3.8, 4) is 5.75 Å². The van der Waals surface area contributed by atoms with Gasteiger partial charge in [0.15, 0.2) is 6.10 Å². The molecule has 4 nitrogen and oxygen atoms in total. The number of carbonyl (C=O) groups excluding carboxylic acids is 1. The van der Waals surface area contributed by atoms with Crippen LogP contribution in [-0.4, -0.2) is 37.8 Å². The van der Waals surface area contributed by atoms with Gasteiger partial charge in [0.2, 0.25) is 0 Å². The molecule has 4 atom stereocenters. The van der Waals surface area contributed by atoms with Crippen LogP contribution >= 0.6 is 0 Å². The first kappa shape index (κ1) is 16.3. The Hall–Kier alpha value is -1.55. The summed E-state index contributed by atoms with van der Waals surface area (Å²) in [6.07, 6.45) is 5.84. The van der Waals surface area contributed by atoms with Crippen LogP contribution < -0.4 is 9.64 Å². The Morgan fingerprint density at radius 2 is 1.96 bits per heavy atom. The van der Waals surface area contributed by atoms with E-state index in [2.05, 4.69) is 0 Å². The van der Waals surface area contributed by atoms with Crippen LogP contribution in [0.25, 0.3) is 0 Å². The van der Waals surface area contributed by atoms with E-state index in [0.29, 0.717) is 24.3 Å². The lowest BCUT2D eigenvalue weighted by atomic mass is 9.84. The molecular weight excluding hydrogens is 290 g/mol. The molecule has 1 unspecified atom stereocenters. The van der Waals surface area contributed by atoms with E-state index in [-0.39, 0.29) is 5.97 Å².